The Hall–Kier alpha value is -0.860. The number of hydrogen-bond acceptors (Lipinski definition) is 2. The lowest BCUT2D eigenvalue weighted by Gasteiger charge is -2.41. The van der Waals surface area contributed by atoms with Crippen molar-refractivity contribution in [2.75, 3.05) is 13.1 Å². The third-order valence-electron chi connectivity index (χ3n) is 4.52. The van der Waals surface area contributed by atoms with Gasteiger partial charge in [-0.3, -0.25) is 0 Å². The molecule has 1 aromatic carbocycles. The van der Waals surface area contributed by atoms with Crippen LogP contribution in [-0.4, -0.2) is 13.1 Å². The van der Waals surface area contributed by atoms with Gasteiger partial charge in [-0.25, -0.2) is 0 Å². The Morgan fingerprint density at radius 1 is 1.28 bits per heavy atom. The molecule has 2 rings (SSSR count). The summed E-state index contributed by atoms with van der Waals surface area (Å²) in [4.78, 5) is 0. The van der Waals surface area contributed by atoms with Crippen LogP contribution in [0.2, 0.25) is 0 Å². The van der Waals surface area contributed by atoms with Gasteiger partial charge in [0.1, 0.15) is 0 Å². The lowest BCUT2D eigenvalue weighted by molar-refractivity contribution is 0.124. The van der Waals surface area contributed by atoms with Gasteiger partial charge in [-0.15, -0.1) is 0 Å². The lowest BCUT2D eigenvalue weighted by atomic mass is 9.67. The van der Waals surface area contributed by atoms with Gasteiger partial charge in [0.15, 0.2) is 0 Å². The summed E-state index contributed by atoms with van der Waals surface area (Å²) >= 11 is 0. The van der Waals surface area contributed by atoms with Gasteiger partial charge >= 0.3 is 0 Å². The Balaban J connectivity index is 1.66. The molecule has 0 aromatic heterocycles. The minimum atomic E-state index is 0.165. The molecule has 0 bridgehead atoms. The molecule has 18 heavy (non-hydrogen) atoms. The molecule has 0 amide bonds. The Morgan fingerprint density at radius 2 is 2.00 bits per heavy atom. The second-order valence-corrected chi connectivity index (χ2v) is 5.69. The fraction of sp³-hybridized carbons (Fsp3) is 0.625. The highest BCUT2D eigenvalue weighted by Gasteiger charge is 2.34. The Bertz CT molecular complexity index is 338. The first-order valence-corrected chi connectivity index (χ1v) is 7.27. The maximum atomic E-state index is 6.18. The number of nitrogens with one attached hydrogen (secondary N) is 1. The number of benzene rings is 1. The van der Waals surface area contributed by atoms with E-state index < -0.39 is 0 Å². The van der Waals surface area contributed by atoms with Crippen molar-refractivity contribution in [1.29, 1.82) is 0 Å². The highest BCUT2D eigenvalue weighted by atomic mass is 14.9. The highest BCUT2D eigenvalue weighted by molar-refractivity contribution is 5.18. The fourth-order valence-corrected chi connectivity index (χ4v) is 2.81. The summed E-state index contributed by atoms with van der Waals surface area (Å²) in [6, 6.07) is 10.5. The molecule has 1 atom stereocenters. The van der Waals surface area contributed by atoms with E-state index in [9.17, 15) is 0 Å². The van der Waals surface area contributed by atoms with Crippen molar-refractivity contribution in [3.8, 4) is 0 Å². The van der Waals surface area contributed by atoms with Crippen molar-refractivity contribution in [2.24, 2.45) is 11.1 Å². The zero-order valence-corrected chi connectivity index (χ0v) is 11.5. The van der Waals surface area contributed by atoms with Gasteiger partial charge in [-0.05, 0) is 43.2 Å². The summed E-state index contributed by atoms with van der Waals surface area (Å²) in [6.07, 6.45) is 6.55. The SMILES string of the molecule is CCC1(CNCCC(N)c2ccccc2)CCC1. The third-order valence-corrected chi connectivity index (χ3v) is 4.52. The maximum absolute atomic E-state index is 6.18. The molecule has 1 aromatic rings. The number of rotatable bonds is 7. The van der Waals surface area contributed by atoms with Crippen LogP contribution in [0.4, 0.5) is 0 Å². The van der Waals surface area contributed by atoms with Crippen LogP contribution in [-0.2, 0) is 0 Å². The predicted molar refractivity (Wildman–Crippen MR) is 77.4 cm³/mol. The molecule has 0 heterocycles. The van der Waals surface area contributed by atoms with E-state index >= 15 is 0 Å². The van der Waals surface area contributed by atoms with Gasteiger partial charge in [0.2, 0.25) is 0 Å². The second kappa shape index (κ2) is 6.35. The predicted octanol–water partition coefficient (Wildman–Crippen LogP) is 3.25. The quantitative estimate of drug-likeness (QED) is 0.725. The van der Waals surface area contributed by atoms with E-state index in [0.29, 0.717) is 5.41 Å². The molecule has 0 saturated heterocycles. The molecule has 2 nitrogen and oxygen atoms in total. The van der Waals surface area contributed by atoms with E-state index in [-0.39, 0.29) is 6.04 Å². The number of nitrogens with two attached hydrogens (primary N) is 1. The molecular formula is C16H26N2. The molecule has 0 spiro atoms. The van der Waals surface area contributed by atoms with E-state index in [2.05, 4.69) is 36.5 Å². The molecule has 1 unspecified atom stereocenters. The average Bonchev–Trinajstić information content (AvgIpc) is 2.38. The molecule has 100 valence electrons. The molecule has 2 heteroatoms. The van der Waals surface area contributed by atoms with Crippen LogP contribution < -0.4 is 11.1 Å². The first-order chi connectivity index (χ1) is 8.76. The van der Waals surface area contributed by atoms with Gasteiger partial charge in [-0.1, -0.05) is 43.7 Å². The Kier molecular flexibility index (Phi) is 4.79. The van der Waals surface area contributed by atoms with E-state index in [0.717, 1.165) is 13.0 Å². The van der Waals surface area contributed by atoms with Crippen molar-refractivity contribution in [2.45, 2.75) is 45.1 Å². The molecule has 1 saturated carbocycles. The van der Waals surface area contributed by atoms with E-state index in [1.807, 2.05) is 6.07 Å². The summed E-state index contributed by atoms with van der Waals surface area (Å²) in [7, 11) is 0. The molecule has 3 N–H and O–H groups in total. The monoisotopic (exact) mass is 246 g/mol. The Morgan fingerprint density at radius 3 is 2.56 bits per heavy atom. The van der Waals surface area contributed by atoms with Crippen LogP contribution >= 0.6 is 0 Å². The molecule has 1 aliphatic carbocycles. The third kappa shape index (κ3) is 3.33. The topological polar surface area (TPSA) is 38.0 Å². The van der Waals surface area contributed by atoms with Crippen LogP contribution in [0.3, 0.4) is 0 Å². The van der Waals surface area contributed by atoms with Gasteiger partial charge in [0.25, 0.3) is 0 Å². The van der Waals surface area contributed by atoms with Gasteiger partial charge in [0.05, 0.1) is 0 Å². The largest absolute Gasteiger partial charge is 0.324 e. The first-order valence-electron chi connectivity index (χ1n) is 7.27. The van der Waals surface area contributed by atoms with Crippen molar-refractivity contribution >= 4 is 0 Å². The fourth-order valence-electron chi connectivity index (χ4n) is 2.81. The molecule has 1 fully saturated rings. The second-order valence-electron chi connectivity index (χ2n) is 5.69. The normalized spacial score (nSPS) is 19.2. The van der Waals surface area contributed by atoms with Crippen LogP contribution in [0.5, 0.6) is 0 Å². The van der Waals surface area contributed by atoms with Crippen molar-refractivity contribution in [1.82, 2.24) is 5.32 Å². The zero-order chi connectivity index (χ0) is 12.8. The lowest BCUT2D eigenvalue weighted by Crippen LogP contribution is -2.40. The smallest absolute Gasteiger partial charge is 0.0306 e. The van der Waals surface area contributed by atoms with Crippen LogP contribution in [0.25, 0.3) is 0 Å². The zero-order valence-electron chi connectivity index (χ0n) is 11.5. The van der Waals surface area contributed by atoms with Crippen molar-refractivity contribution in [3.05, 3.63) is 35.9 Å². The van der Waals surface area contributed by atoms with Crippen LogP contribution in [0, 0.1) is 5.41 Å². The minimum Gasteiger partial charge on any atom is -0.324 e. The van der Waals surface area contributed by atoms with Gasteiger partial charge in [-0.2, -0.15) is 0 Å². The maximum Gasteiger partial charge on any atom is 0.0306 e. The minimum absolute atomic E-state index is 0.165. The average molecular weight is 246 g/mol. The molecular weight excluding hydrogens is 220 g/mol. The van der Waals surface area contributed by atoms with Crippen molar-refractivity contribution < 1.29 is 0 Å². The van der Waals surface area contributed by atoms with E-state index in [4.69, 9.17) is 5.73 Å². The summed E-state index contributed by atoms with van der Waals surface area (Å²) in [5, 5.41) is 3.60. The summed E-state index contributed by atoms with van der Waals surface area (Å²) in [5.41, 5.74) is 8.04. The van der Waals surface area contributed by atoms with Crippen LogP contribution in [0.1, 0.15) is 50.6 Å². The van der Waals surface area contributed by atoms with E-state index in [1.54, 1.807) is 0 Å². The molecule has 0 radical (unpaired) electrons. The summed E-state index contributed by atoms with van der Waals surface area (Å²) in [5.74, 6) is 0. The Labute approximate surface area is 111 Å². The van der Waals surface area contributed by atoms with Crippen molar-refractivity contribution in [3.63, 3.8) is 0 Å². The van der Waals surface area contributed by atoms with Gasteiger partial charge < -0.3 is 11.1 Å². The van der Waals surface area contributed by atoms with Gasteiger partial charge in [0, 0.05) is 12.6 Å². The highest BCUT2D eigenvalue weighted by Crippen LogP contribution is 2.42. The number of hydrogen-bond donors (Lipinski definition) is 2. The summed E-state index contributed by atoms with van der Waals surface area (Å²) < 4.78 is 0. The standard InChI is InChI=1S/C16H26N2/c1-2-16(10-6-11-16)13-18-12-9-15(17)14-7-4-3-5-8-14/h3-5,7-8,15,18H,2,6,9-13,17H2,1H3. The molecule has 1 aliphatic rings. The molecule has 0 aliphatic heterocycles. The first kappa shape index (κ1) is 13.6. The van der Waals surface area contributed by atoms with Crippen LogP contribution in [0.15, 0.2) is 30.3 Å². The van der Waals surface area contributed by atoms with E-state index in [1.165, 1.54) is 37.8 Å². The summed E-state index contributed by atoms with van der Waals surface area (Å²) in [6.45, 7) is 4.51.